The van der Waals surface area contributed by atoms with E-state index in [0.29, 0.717) is 11.4 Å². The predicted molar refractivity (Wildman–Crippen MR) is 69.4 cm³/mol. The van der Waals surface area contributed by atoms with E-state index in [0.717, 1.165) is 22.5 Å². The number of rotatable bonds is 2. The van der Waals surface area contributed by atoms with Crippen LogP contribution in [-0.4, -0.2) is 16.7 Å². The van der Waals surface area contributed by atoms with Gasteiger partial charge in [-0.1, -0.05) is 0 Å². The van der Waals surface area contributed by atoms with Crippen molar-refractivity contribution in [3.63, 3.8) is 0 Å². The van der Waals surface area contributed by atoms with Crippen molar-refractivity contribution in [2.45, 2.75) is 13.8 Å². The Morgan fingerprint density at radius 2 is 2.00 bits per heavy atom. The molecule has 0 N–H and O–H groups in total. The second-order valence-electron chi connectivity index (χ2n) is 4.18. The fourth-order valence-corrected chi connectivity index (χ4v) is 2.09. The summed E-state index contributed by atoms with van der Waals surface area (Å²) in [6.45, 7) is 3.96. The molecule has 2 aromatic rings. The molecule has 2 aromatic heterocycles. The van der Waals surface area contributed by atoms with Crippen molar-refractivity contribution in [1.29, 1.82) is 5.26 Å². The number of nitriles is 1. The lowest BCUT2D eigenvalue weighted by Crippen LogP contribution is -1.93. The van der Waals surface area contributed by atoms with Gasteiger partial charge in [-0.15, -0.1) is 0 Å². The third-order valence-electron chi connectivity index (χ3n) is 3.33. The molecule has 0 aromatic carbocycles. The van der Waals surface area contributed by atoms with E-state index in [4.69, 9.17) is 4.74 Å². The molecule has 4 nitrogen and oxygen atoms in total. The van der Waals surface area contributed by atoms with Gasteiger partial charge in [0.2, 0.25) is 5.88 Å². The fourth-order valence-electron chi connectivity index (χ4n) is 2.09. The quantitative estimate of drug-likeness (QED) is 0.812. The third kappa shape index (κ3) is 1.74. The van der Waals surface area contributed by atoms with Crippen LogP contribution in [0.25, 0.3) is 11.1 Å². The van der Waals surface area contributed by atoms with Gasteiger partial charge in [0.05, 0.1) is 12.7 Å². The average molecular weight is 241 g/mol. The SMILES string of the molecule is COc1ccc(-c2c(C#N)c(C)n(C)c2C)cn1. The Labute approximate surface area is 106 Å². The van der Waals surface area contributed by atoms with Crippen molar-refractivity contribution in [1.82, 2.24) is 9.55 Å². The highest BCUT2D eigenvalue weighted by atomic mass is 16.5. The van der Waals surface area contributed by atoms with Crippen molar-refractivity contribution in [2.24, 2.45) is 7.05 Å². The Bertz CT molecular complexity index is 618. The number of pyridine rings is 1. The van der Waals surface area contributed by atoms with Gasteiger partial charge in [-0.25, -0.2) is 4.98 Å². The molecule has 0 atom stereocenters. The zero-order chi connectivity index (χ0) is 13.3. The van der Waals surface area contributed by atoms with Crippen LogP contribution in [0.15, 0.2) is 18.3 Å². The number of nitrogens with zero attached hydrogens (tertiary/aromatic N) is 3. The topological polar surface area (TPSA) is 50.8 Å². The smallest absolute Gasteiger partial charge is 0.212 e. The lowest BCUT2D eigenvalue weighted by molar-refractivity contribution is 0.398. The summed E-state index contributed by atoms with van der Waals surface area (Å²) in [6.07, 6.45) is 1.74. The summed E-state index contributed by atoms with van der Waals surface area (Å²) in [6, 6.07) is 6.00. The normalized spacial score (nSPS) is 10.2. The van der Waals surface area contributed by atoms with E-state index >= 15 is 0 Å². The number of methoxy groups -OCH3 is 1. The van der Waals surface area contributed by atoms with Crippen LogP contribution in [0.1, 0.15) is 17.0 Å². The van der Waals surface area contributed by atoms with Gasteiger partial charge in [0.25, 0.3) is 0 Å². The van der Waals surface area contributed by atoms with E-state index < -0.39 is 0 Å². The van der Waals surface area contributed by atoms with Crippen molar-refractivity contribution >= 4 is 0 Å². The Hall–Kier alpha value is -2.28. The van der Waals surface area contributed by atoms with Gasteiger partial charge in [-0.05, 0) is 19.9 Å². The first-order valence-corrected chi connectivity index (χ1v) is 5.66. The van der Waals surface area contributed by atoms with Gasteiger partial charge in [0.1, 0.15) is 6.07 Å². The highest BCUT2D eigenvalue weighted by Gasteiger charge is 2.17. The van der Waals surface area contributed by atoms with E-state index in [1.807, 2.05) is 31.5 Å². The molecule has 0 fully saturated rings. The molecule has 0 radical (unpaired) electrons. The van der Waals surface area contributed by atoms with Crippen LogP contribution in [0, 0.1) is 25.2 Å². The van der Waals surface area contributed by atoms with E-state index in [-0.39, 0.29) is 0 Å². The third-order valence-corrected chi connectivity index (χ3v) is 3.33. The second-order valence-corrected chi connectivity index (χ2v) is 4.18. The minimum absolute atomic E-state index is 0.572. The minimum Gasteiger partial charge on any atom is -0.481 e. The van der Waals surface area contributed by atoms with Gasteiger partial charge < -0.3 is 9.30 Å². The van der Waals surface area contributed by atoms with Crippen LogP contribution in [-0.2, 0) is 7.05 Å². The Kier molecular flexibility index (Phi) is 3.07. The molecule has 0 unspecified atom stereocenters. The first-order valence-electron chi connectivity index (χ1n) is 5.66. The molecule has 0 aliphatic heterocycles. The maximum atomic E-state index is 9.29. The maximum Gasteiger partial charge on any atom is 0.212 e. The number of aromatic nitrogens is 2. The largest absolute Gasteiger partial charge is 0.481 e. The zero-order valence-corrected chi connectivity index (χ0v) is 11.0. The standard InChI is InChI=1S/C14H15N3O/c1-9-12(7-15)14(10(2)17(9)3)11-5-6-13(18-4)16-8-11/h5-6,8H,1-4H3. The lowest BCUT2D eigenvalue weighted by atomic mass is 10.0. The van der Waals surface area contributed by atoms with Gasteiger partial charge >= 0.3 is 0 Å². The first-order chi connectivity index (χ1) is 8.60. The van der Waals surface area contributed by atoms with Crippen molar-refractivity contribution < 1.29 is 4.74 Å². The van der Waals surface area contributed by atoms with Gasteiger partial charge in [0.15, 0.2) is 0 Å². The second kappa shape index (κ2) is 4.53. The Balaban J connectivity index is 2.63. The molecule has 0 saturated carbocycles. The van der Waals surface area contributed by atoms with Crippen LogP contribution in [0.3, 0.4) is 0 Å². The minimum atomic E-state index is 0.572. The molecule has 0 bridgehead atoms. The van der Waals surface area contributed by atoms with Crippen LogP contribution in [0.4, 0.5) is 0 Å². The fraction of sp³-hybridized carbons (Fsp3) is 0.286. The molecule has 0 aliphatic rings. The maximum absolute atomic E-state index is 9.29. The summed E-state index contributed by atoms with van der Waals surface area (Å²) in [7, 11) is 3.55. The first kappa shape index (κ1) is 12.2. The molecule has 0 aliphatic carbocycles. The molecular weight excluding hydrogens is 226 g/mol. The van der Waals surface area contributed by atoms with Crippen molar-refractivity contribution in [3.8, 4) is 23.1 Å². The Morgan fingerprint density at radius 3 is 2.50 bits per heavy atom. The van der Waals surface area contributed by atoms with E-state index in [9.17, 15) is 5.26 Å². The van der Waals surface area contributed by atoms with Crippen LogP contribution in [0.5, 0.6) is 5.88 Å². The summed E-state index contributed by atoms with van der Waals surface area (Å²) in [5, 5.41) is 9.29. The summed E-state index contributed by atoms with van der Waals surface area (Å²) >= 11 is 0. The number of hydrogen-bond donors (Lipinski definition) is 0. The van der Waals surface area contributed by atoms with Gasteiger partial charge in [0, 0.05) is 41.8 Å². The van der Waals surface area contributed by atoms with Crippen LogP contribution < -0.4 is 4.74 Å². The molecule has 0 spiro atoms. The van der Waals surface area contributed by atoms with Gasteiger partial charge in [-0.3, -0.25) is 0 Å². The Morgan fingerprint density at radius 1 is 1.28 bits per heavy atom. The average Bonchev–Trinajstić information content (AvgIpc) is 2.63. The van der Waals surface area contributed by atoms with E-state index in [1.165, 1.54) is 0 Å². The zero-order valence-electron chi connectivity index (χ0n) is 11.0. The van der Waals surface area contributed by atoms with Crippen molar-refractivity contribution in [2.75, 3.05) is 7.11 Å². The molecule has 0 saturated heterocycles. The van der Waals surface area contributed by atoms with Gasteiger partial charge in [-0.2, -0.15) is 5.26 Å². The monoisotopic (exact) mass is 241 g/mol. The number of hydrogen-bond acceptors (Lipinski definition) is 3. The number of ether oxygens (including phenoxy) is 1. The molecule has 4 heteroatoms. The lowest BCUT2D eigenvalue weighted by Gasteiger charge is -2.04. The molecule has 2 heterocycles. The van der Waals surface area contributed by atoms with Crippen LogP contribution in [0.2, 0.25) is 0 Å². The van der Waals surface area contributed by atoms with Crippen molar-refractivity contribution in [3.05, 3.63) is 35.3 Å². The van der Waals surface area contributed by atoms with E-state index in [1.54, 1.807) is 19.4 Å². The summed E-state index contributed by atoms with van der Waals surface area (Å²) in [4.78, 5) is 4.19. The predicted octanol–water partition coefficient (Wildman–Crippen LogP) is 2.58. The molecule has 92 valence electrons. The highest BCUT2D eigenvalue weighted by Crippen LogP contribution is 2.31. The van der Waals surface area contributed by atoms with E-state index in [2.05, 4.69) is 11.1 Å². The summed E-state index contributed by atoms with van der Waals surface area (Å²) in [5.41, 5.74) is 4.64. The summed E-state index contributed by atoms with van der Waals surface area (Å²) in [5.74, 6) is 0.572. The summed E-state index contributed by atoms with van der Waals surface area (Å²) < 4.78 is 7.07. The highest BCUT2D eigenvalue weighted by molar-refractivity contribution is 5.74. The molecule has 18 heavy (non-hydrogen) atoms. The molecule has 0 amide bonds. The van der Waals surface area contributed by atoms with Crippen LogP contribution >= 0.6 is 0 Å². The molecule has 2 rings (SSSR count). The molecular formula is C14H15N3O.